The van der Waals surface area contributed by atoms with E-state index in [9.17, 15) is 0 Å². The molecule has 1 aliphatic heterocycles. The first-order chi connectivity index (χ1) is 11.5. The minimum atomic E-state index is -0.186. The molecule has 1 atom stereocenters. The van der Waals surface area contributed by atoms with E-state index >= 15 is 0 Å². The van der Waals surface area contributed by atoms with Crippen LogP contribution in [0.25, 0.3) is 5.52 Å². The van der Waals surface area contributed by atoms with E-state index < -0.39 is 0 Å². The van der Waals surface area contributed by atoms with Crippen LogP contribution in [-0.4, -0.2) is 44.0 Å². The molecule has 2 aromatic heterocycles. The van der Waals surface area contributed by atoms with Crippen LogP contribution in [0.3, 0.4) is 0 Å². The van der Waals surface area contributed by atoms with E-state index in [1.807, 2.05) is 0 Å². The third-order valence-corrected chi connectivity index (χ3v) is 5.55. The highest BCUT2D eigenvalue weighted by molar-refractivity contribution is 6.32. The normalized spacial score (nSPS) is 30.9. The number of halogens is 1. The summed E-state index contributed by atoms with van der Waals surface area (Å²) in [6, 6.07) is 0. The van der Waals surface area contributed by atoms with Crippen LogP contribution in [0.15, 0.2) is 6.20 Å². The number of aliphatic hydroxyl groups is 1. The Labute approximate surface area is 145 Å². The second-order valence-electron chi connectivity index (χ2n) is 7.26. The van der Waals surface area contributed by atoms with Crippen LogP contribution in [-0.2, 0) is 11.2 Å². The number of rotatable bonds is 2. The molecule has 6 rings (SSSR count). The Hall–Kier alpha value is -1.44. The zero-order valence-corrected chi connectivity index (χ0v) is 14.2. The average molecular weight is 352 g/mol. The molecule has 7 nitrogen and oxygen atoms in total. The number of fused-ring (bicyclic) bond motifs is 1. The average Bonchev–Trinajstić information content (AvgIpc) is 2.79. The number of nitrogens with two attached hydrogens (primary N) is 1. The topological polar surface area (TPSA) is 98.6 Å². The number of nitrogens with zero attached hydrogens (tertiary/aromatic N) is 4. The molecule has 0 aromatic carbocycles. The van der Waals surface area contributed by atoms with Gasteiger partial charge < -0.3 is 15.6 Å². The van der Waals surface area contributed by atoms with Gasteiger partial charge in [-0.2, -0.15) is 0 Å². The van der Waals surface area contributed by atoms with E-state index in [4.69, 9.17) is 27.2 Å². The third-order valence-electron chi connectivity index (χ3n) is 5.27. The minimum Gasteiger partial charge on any atom is -0.391 e. The lowest BCUT2D eigenvalue weighted by Crippen LogP contribution is -2.53. The summed E-state index contributed by atoms with van der Waals surface area (Å²) in [4.78, 5) is 8.34. The van der Waals surface area contributed by atoms with E-state index in [0.717, 1.165) is 43.1 Å². The number of hydrogen-bond acceptors (Lipinski definition) is 6. The van der Waals surface area contributed by atoms with Gasteiger partial charge in [-0.05, 0) is 43.4 Å². The maximum Gasteiger partial charge on any atom is 0.238 e. The Morgan fingerprint density at radius 2 is 2.21 bits per heavy atom. The van der Waals surface area contributed by atoms with Crippen molar-refractivity contribution >= 4 is 23.1 Å². The van der Waals surface area contributed by atoms with Crippen molar-refractivity contribution in [1.82, 2.24) is 19.6 Å². The van der Waals surface area contributed by atoms with Crippen molar-refractivity contribution in [3.63, 3.8) is 0 Å². The summed E-state index contributed by atoms with van der Waals surface area (Å²) < 4.78 is 6.67. The molecule has 4 fully saturated rings. The fraction of sp³-hybridized carbons (Fsp3) is 0.688. The molecule has 0 spiro atoms. The molecule has 0 amide bonds. The fourth-order valence-corrected chi connectivity index (χ4v) is 4.19. The lowest BCUT2D eigenvalue weighted by molar-refractivity contribution is -0.106. The first-order valence-corrected chi connectivity index (χ1v) is 8.84. The van der Waals surface area contributed by atoms with Gasteiger partial charge in [-0.25, -0.2) is 14.5 Å². The van der Waals surface area contributed by atoms with Crippen molar-refractivity contribution in [3.05, 3.63) is 17.2 Å². The maximum absolute atomic E-state index is 8.78. The quantitative estimate of drug-likeness (QED) is 0.856. The molecule has 3 heterocycles. The van der Waals surface area contributed by atoms with Crippen LogP contribution in [0.2, 0.25) is 5.15 Å². The highest BCUT2D eigenvalue weighted by atomic mass is 35.5. The molecule has 3 saturated carbocycles. The molecule has 1 saturated heterocycles. The molecule has 2 aromatic rings. The summed E-state index contributed by atoms with van der Waals surface area (Å²) in [5.41, 5.74) is 6.83. The maximum atomic E-state index is 8.78. The number of aromatic nitrogens is 4. The summed E-state index contributed by atoms with van der Waals surface area (Å²) in [6.07, 6.45) is 8.33. The first-order valence-electron chi connectivity index (χ1n) is 8.46. The van der Waals surface area contributed by atoms with Gasteiger partial charge in [0.05, 0.1) is 18.9 Å². The van der Waals surface area contributed by atoms with Crippen LogP contribution >= 0.6 is 11.6 Å². The number of imidazole rings is 1. The Balaban J connectivity index is 0.000000177. The number of hydrogen-bond donors (Lipinski definition) is 2. The summed E-state index contributed by atoms with van der Waals surface area (Å²) in [5.74, 6) is 2.14. The minimum absolute atomic E-state index is 0.186. The Bertz CT molecular complexity index is 726. The Morgan fingerprint density at radius 3 is 2.75 bits per heavy atom. The summed E-state index contributed by atoms with van der Waals surface area (Å²) >= 11 is 6.08. The SMILES string of the molecule is Nc1ncc2c(Cl)nc(CC34CC(C3)C4)n2n1.OC1CCCOC1. The Kier molecular flexibility index (Phi) is 4.10. The van der Waals surface area contributed by atoms with Crippen LogP contribution in [0, 0.1) is 11.3 Å². The van der Waals surface area contributed by atoms with Crippen molar-refractivity contribution < 1.29 is 9.84 Å². The van der Waals surface area contributed by atoms with E-state index in [-0.39, 0.29) is 12.1 Å². The number of nitrogen functional groups attached to an aromatic ring is 1. The predicted molar refractivity (Wildman–Crippen MR) is 89.7 cm³/mol. The summed E-state index contributed by atoms with van der Waals surface area (Å²) in [6.45, 7) is 1.37. The van der Waals surface area contributed by atoms with E-state index in [1.165, 1.54) is 19.3 Å². The molecule has 24 heavy (non-hydrogen) atoms. The van der Waals surface area contributed by atoms with Crippen molar-refractivity contribution in [1.29, 1.82) is 0 Å². The largest absolute Gasteiger partial charge is 0.391 e. The number of aliphatic hydroxyl groups excluding tert-OH is 1. The fourth-order valence-electron chi connectivity index (χ4n) is 3.97. The van der Waals surface area contributed by atoms with Gasteiger partial charge in [0.25, 0.3) is 0 Å². The molecule has 1 unspecified atom stereocenters. The van der Waals surface area contributed by atoms with Gasteiger partial charge in [0, 0.05) is 13.0 Å². The smallest absolute Gasteiger partial charge is 0.238 e. The van der Waals surface area contributed by atoms with Gasteiger partial charge in [-0.15, -0.1) is 5.10 Å². The molecular weight excluding hydrogens is 330 g/mol. The molecule has 3 N–H and O–H groups in total. The number of ether oxygens (including phenoxy) is 1. The predicted octanol–water partition coefficient (Wildman–Crippen LogP) is 1.86. The summed E-state index contributed by atoms with van der Waals surface area (Å²) in [7, 11) is 0. The van der Waals surface area contributed by atoms with Crippen molar-refractivity contribution in [2.24, 2.45) is 11.3 Å². The van der Waals surface area contributed by atoms with E-state index in [0.29, 0.717) is 17.2 Å². The lowest BCUT2D eigenvalue weighted by atomic mass is 9.43. The summed E-state index contributed by atoms with van der Waals surface area (Å²) in [5, 5.41) is 13.4. The molecular formula is C16H22ClN5O2. The monoisotopic (exact) mass is 351 g/mol. The van der Waals surface area contributed by atoms with Crippen LogP contribution in [0.4, 0.5) is 5.95 Å². The van der Waals surface area contributed by atoms with Crippen molar-refractivity contribution in [2.45, 2.75) is 44.6 Å². The van der Waals surface area contributed by atoms with Gasteiger partial charge in [-0.3, -0.25) is 0 Å². The molecule has 4 aliphatic rings. The molecule has 3 aliphatic carbocycles. The van der Waals surface area contributed by atoms with Crippen LogP contribution < -0.4 is 5.73 Å². The zero-order chi connectivity index (χ0) is 16.7. The van der Waals surface area contributed by atoms with Gasteiger partial charge in [-0.1, -0.05) is 11.6 Å². The highest BCUT2D eigenvalue weighted by Crippen LogP contribution is 2.65. The van der Waals surface area contributed by atoms with Crippen molar-refractivity contribution in [2.75, 3.05) is 18.9 Å². The lowest BCUT2D eigenvalue weighted by Gasteiger charge is -2.62. The second-order valence-corrected chi connectivity index (χ2v) is 7.62. The second kappa shape index (κ2) is 6.13. The molecule has 130 valence electrons. The highest BCUT2D eigenvalue weighted by Gasteiger charge is 2.56. The van der Waals surface area contributed by atoms with Gasteiger partial charge in [0.2, 0.25) is 5.95 Å². The van der Waals surface area contributed by atoms with Gasteiger partial charge in [0.15, 0.2) is 5.15 Å². The molecule has 2 bridgehead atoms. The van der Waals surface area contributed by atoms with Crippen LogP contribution in [0.5, 0.6) is 0 Å². The van der Waals surface area contributed by atoms with E-state index in [1.54, 1.807) is 10.7 Å². The standard InChI is InChI=1S/C11H12ClN5.C5H10O2/c12-9-7-5-14-10(13)16-17(7)8(15-9)4-11-1-6(2-11)3-11;6-5-2-1-3-7-4-5/h5-6H,1-4H2,(H2,13,16);5-6H,1-4H2. The third kappa shape index (κ3) is 2.96. The molecule has 8 heteroatoms. The van der Waals surface area contributed by atoms with Gasteiger partial charge in [0.1, 0.15) is 11.3 Å². The van der Waals surface area contributed by atoms with Crippen LogP contribution in [0.1, 0.15) is 37.9 Å². The number of anilines is 1. The Morgan fingerprint density at radius 1 is 1.42 bits per heavy atom. The van der Waals surface area contributed by atoms with E-state index in [2.05, 4.69) is 15.1 Å². The first kappa shape index (κ1) is 16.1. The van der Waals surface area contributed by atoms with Gasteiger partial charge >= 0.3 is 0 Å². The zero-order valence-electron chi connectivity index (χ0n) is 13.5. The van der Waals surface area contributed by atoms with Crippen molar-refractivity contribution in [3.8, 4) is 0 Å². The molecule has 0 radical (unpaired) electrons.